The van der Waals surface area contributed by atoms with E-state index in [1.165, 1.54) is 0 Å². The zero-order chi connectivity index (χ0) is 12.9. The molecule has 1 atom stereocenters. The molecule has 1 saturated heterocycles. The Kier molecular flexibility index (Phi) is 4.76. The monoisotopic (exact) mass is 239 g/mol. The van der Waals surface area contributed by atoms with Gasteiger partial charge in [-0.2, -0.15) is 5.26 Å². The van der Waals surface area contributed by atoms with Gasteiger partial charge < -0.3 is 10.1 Å². The Morgan fingerprint density at radius 2 is 2.29 bits per heavy atom. The van der Waals surface area contributed by atoms with Gasteiger partial charge in [-0.15, -0.1) is 0 Å². The van der Waals surface area contributed by atoms with E-state index in [9.17, 15) is 4.79 Å². The fourth-order valence-corrected chi connectivity index (χ4v) is 1.89. The molecule has 0 aliphatic carbocycles. The second kappa shape index (κ2) is 5.87. The molecule has 0 spiro atoms. The van der Waals surface area contributed by atoms with Gasteiger partial charge in [-0.3, -0.25) is 4.90 Å². The van der Waals surface area contributed by atoms with Crippen molar-refractivity contribution < 1.29 is 9.53 Å². The lowest BCUT2D eigenvalue weighted by Gasteiger charge is -2.32. The van der Waals surface area contributed by atoms with E-state index >= 15 is 0 Å². The highest BCUT2D eigenvalue weighted by Crippen LogP contribution is 2.11. The second-order valence-electron chi connectivity index (χ2n) is 5.38. The van der Waals surface area contributed by atoms with Crippen molar-refractivity contribution in [2.75, 3.05) is 19.6 Å². The molecule has 1 amide bonds. The van der Waals surface area contributed by atoms with Crippen LogP contribution >= 0.6 is 0 Å². The van der Waals surface area contributed by atoms with E-state index in [-0.39, 0.29) is 12.1 Å². The first-order valence-corrected chi connectivity index (χ1v) is 5.99. The first-order valence-electron chi connectivity index (χ1n) is 5.99. The van der Waals surface area contributed by atoms with Crippen LogP contribution in [0.4, 0.5) is 4.79 Å². The Morgan fingerprint density at radius 3 is 2.88 bits per heavy atom. The van der Waals surface area contributed by atoms with Crippen molar-refractivity contribution in [1.29, 1.82) is 5.26 Å². The van der Waals surface area contributed by atoms with E-state index in [1.54, 1.807) is 0 Å². The molecule has 1 aliphatic heterocycles. The van der Waals surface area contributed by atoms with Crippen LogP contribution in [-0.2, 0) is 4.74 Å². The third kappa shape index (κ3) is 5.55. The number of hydrogen-bond acceptors (Lipinski definition) is 4. The van der Waals surface area contributed by atoms with Crippen molar-refractivity contribution in [1.82, 2.24) is 10.2 Å². The second-order valence-corrected chi connectivity index (χ2v) is 5.38. The average molecular weight is 239 g/mol. The largest absolute Gasteiger partial charge is 0.444 e. The smallest absolute Gasteiger partial charge is 0.407 e. The van der Waals surface area contributed by atoms with Crippen LogP contribution in [0.2, 0.25) is 0 Å². The van der Waals surface area contributed by atoms with Crippen LogP contribution in [0.1, 0.15) is 33.6 Å². The van der Waals surface area contributed by atoms with Crippen molar-refractivity contribution in [2.24, 2.45) is 0 Å². The fourth-order valence-electron chi connectivity index (χ4n) is 1.89. The number of nitriles is 1. The van der Waals surface area contributed by atoms with Gasteiger partial charge in [0.15, 0.2) is 0 Å². The number of hydrogen-bond donors (Lipinski definition) is 1. The summed E-state index contributed by atoms with van der Waals surface area (Å²) in [7, 11) is 0. The first-order chi connectivity index (χ1) is 7.90. The predicted molar refractivity (Wildman–Crippen MR) is 64.4 cm³/mol. The number of alkyl carbamates (subject to hydrolysis) is 1. The molecule has 5 nitrogen and oxygen atoms in total. The van der Waals surface area contributed by atoms with Crippen LogP contribution in [0.5, 0.6) is 0 Å². The molecule has 0 saturated carbocycles. The Hall–Kier alpha value is -1.28. The van der Waals surface area contributed by atoms with Gasteiger partial charge in [-0.25, -0.2) is 4.79 Å². The van der Waals surface area contributed by atoms with Crippen LogP contribution in [0.3, 0.4) is 0 Å². The van der Waals surface area contributed by atoms with Gasteiger partial charge in [0.2, 0.25) is 0 Å². The Bertz CT molecular complexity index is 304. The standard InChI is InChI=1S/C12H21N3O2/c1-12(2,3)17-11(16)14-10-5-4-7-15(9-10)8-6-13/h10H,4-5,7-9H2,1-3H3,(H,14,16). The van der Waals surface area contributed by atoms with Crippen LogP contribution in [0.15, 0.2) is 0 Å². The zero-order valence-electron chi connectivity index (χ0n) is 10.8. The predicted octanol–water partition coefficient (Wildman–Crippen LogP) is 1.50. The van der Waals surface area contributed by atoms with Gasteiger partial charge in [0.25, 0.3) is 0 Å². The summed E-state index contributed by atoms with van der Waals surface area (Å²) in [5.41, 5.74) is -0.467. The van der Waals surface area contributed by atoms with E-state index in [1.807, 2.05) is 25.7 Å². The van der Waals surface area contributed by atoms with E-state index in [4.69, 9.17) is 10.00 Å². The minimum absolute atomic E-state index is 0.0898. The molecule has 1 fully saturated rings. The molecule has 0 aromatic carbocycles. The summed E-state index contributed by atoms with van der Waals surface area (Å²) >= 11 is 0. The fraction of sp³-hybridized carbons (Fsp3) is 0.833. The topological polar surface area (TPSA) is 65.4 Å². The maximum absolute atomic E-state index is 11.6. The number of nitrogens with zero attached hydrogens (tertiary/aromatic N) is 2. The summed E-state index contributed by atoms with van der Waals surface area (Å²) in [4.78, 5) is 13.6. The maximum Gasteiger partial charge on any atom is 0.407 e. The molecule has 5 heteroatoms. The van der Waals surface area contributed by atoms with Gasteiger partial charge in [0.05, 0.1) is 12.6 Å². The zero-order valence-corrected chi connectivity index (χ0v) is 10.8. The molecule has 0 aromatic rings. The third-order valence-electron chi connectivity index (χ3n) is 2.52. The van der Waals surface area contributed by atoms with E-state index < -0.39 is 5.60 Å². The molecule has 1 heterocycles. The third-order valence-corrected chi connectivity index (χ3v) is 2.52. The molecule has 17 heavy (non-hydrogen) atoms. The highest BCUT2D eigenvalue weighted by Gasteiger charge is 2.23. The van der Waals surface area contributed by atoms with Crippen LogP contribution in [0.25, 0.3) is 0 Å². The van der Waals surface area contributed by atoms with Crippen molar-refractivity contribution in [2.45, 2.75) is 45.3 Å². The Balaban J connectivity index is 2.36. The molecule has 96 valence electrons. The number of likely N-dealkylation sites (tertiary alicyclic amines) is 1. The number of carbonyl (C=O) groups is 1. The van der Waals surface area contributed by atoms with Gasteiger partial charge in [0, 0.05) is 12.6 Å². The molecule has 0 aromatic heterocycles. The number of piperidine rings is 1. The number of ether oxygens (including phenoxy) is 1. The number of carbonyl (C=O) groups excluding carboxylic acids is 1. The molecule has 0 bridgehead atoms. The average Bonchev–Trinajstić information content (AvgIpc) is 2.15. The normalized spacial score (nSPS) is 21.6. The Labute approximate surface area is 103 Å². The lowest BCUT2D eigenvalue weighted by molar-refractivity contribution is 0.0476. The van der Waals surface area contributed by atoms with Crippen molar-refractivity contribution in [3.8, 4) is 6.07 Å². The highest BCUT2D eigenvalue weighted by atomic mass is 16.6. The van der Waals surface area contributed by atoms with Crippen molar-refractivity contribution in [3.05, 3.63) is 0 Å². The van der Waals surface area contributed by atoms with E-state index in [0.717, 1.165) is 25.9 Å². The summed E-state index contributed by atoms with van der Waals surface area (Å²) in [5, 5.41) is 11.5. The van der Waals surface area contributed by atoms with Gasteiger partial charge >= 0.3 is 6.09 Å². The van der Waals surface area contributed by atoms with Gasteiger partial charge in [0.1, 0.15) is 5.60 Å². The minimum Gasteiger partial charge on any atom is -0.444 e. The van der Waals surface area contributed by atoms with Crippen LogP contribution < -0.4 is 5.32 Å². The summed E-state index contributed by atoms with van der Waals surface area (Å²) in [6.07, 6.45) is 1.57. The molecule has 1 unspecified atom stereocenters. The summed E-state index contributed by atoms with van der Waals surface area (Å²) in [6, 6.07) is 2.22. The van der Waals surface area contributed by atoms with E-state index in [0.29, 0.717) is 6.54 Å². The summed E-state index contributed by atoms with van der Waals surface area (Å²) in [6.45, 7) is 7.61. The Morgan fingerprint density at radius 1 is 1.59 bits per heavy atom. The van der Waals surface area contributed by atoms with E-state index in [2.05, 4.69) is 11.4 Å². The molecular formula is C12H21N3O2. The summed E-state index contributed by atoms with van der Waals surface area (Å²) in [5.74, 6) is 0. The molecule has 1 N–H and O–H groups in total. The lowest BCUT2D eigenvalue weighted by atomic mass is 10.1. The quantitative estimate of drug-likeness (QED) is 0.742. The van der Waals surface area contributed by atoms with Crippen molar-refractivity contribution in [3.63, 3.8) is 0 Å². The molecule has 1 aliphatic rings. The van der Waals surface area contributed by atoms with Crippen LogP contribution in [0, 0.1) is 11.3 Å². The van der Waals surface area contributed by atoms with Gasteiger partial charge in [-0.05, 0) is 40.2 Å². The summed E-state index contributed by atoms with van der Waals surface area (Å²) < 4.78 is 5.20. The van der Waals surface area contributed by atoms with Gasteiger partial charge in [-0.1, -0.05) is 0 Å². The molecule has 0 radical (unpaired) electrons. The SMILES string of the molecule is CC(C)(C)OC(=O)NC1CCCN(CC#N)C1. The minimum atomic E-state index is -0.467. The van der Waals surface area contributed by atoms with Crippen molar-refractivity contribution >= 4 is 6.09 Å². The number of rotatable bonds is 2. The molecular weight excluding hydrogens is 218 g/mol. The maximum atomic E-state index is 11.6. The number of amides is 1. The van der Waals surface area contributed by atoms with Crippen LogP contribution in [-0.4, -0.2) is 42.3 Å². The highest BCUT2D eigenvalue weighted by molar-refractivity contribution is 5.68. The number of nitrogens with one attached hydrogen (secondary N) is 1. The lowest BCUT2D eigenvalue weighted by Crippen LogP contribution is -2.48. The molecule has 1 rings (SSSR count). The first kappa shape index (κ1) is 13.8.